The Hall–Kier alpha value is -3.37. The summed E-state index contributed by atoms with van der Waals surface area (Å²) >= 11 is 5.84. The molecule has 0 atom stereocenters. The van der Waals surface area contributed by atoms with Crippen molar-refractivity contribution in [3.05, 3.63) is 99.8 Å². The molecule has 0 saturated heterocycles. The standard InChI is InChI=1S/C23H15ClO4/c1-14-11-18(27-23(26)16-7-9-17(24)10-8-16)13-19-21(14)22(25)20(28-19)12-15-5-3-2-4-6-15/h2-13H,1H3/b20-12-. The smallest absolute Gasteiger partial charge is 0.343 e. The van der Waals surface area contributed by atoms with Crippen LogP contribution in [0.5, 0.6) is 11.5 Å². The van der Waals surface area contributed by atoms with Gasteiger partial charge in [-0.15, -0.1) is 0 Å². The van der Waals surface area contributed by atoms with Crippen molar-refractivity contribution in [2.45, 2.75) is 6.92 Å². The Kier molecular flexibility index (Phi) is 4.72. The monoisotopic (exact) mass is 390 g/mol. The normalized spacial score (nSPS) is 13.9. The summed E-state index contributed by atoms with van der Waals surface area (Å²) in [5.41, 5.74) is 2.40. The maximum absolute atomic E-state index is 12.7. The number of halogens is 1. The third-order valence-corrected chi connectivity index (χ3v) is 4.58. The molecule has 3 aromatic rings. The van der Waals surface area contributed by atoms with Gasteiger partial charge in [0.2, 0.25) is 5.78 Å². The molecule has 0 radical (unpaired) electrons. The van der Waals surface area contributed by atoms with E-state index in [0.29, 0.717) is 33.2 Å². The van der Waals surface area contributed by atoms with Gasteiger partial charge in [-0.25, -0.2) is 4.79 Å². The first kappa shape index (κ1) is 18.0. The van der Waals surface area contributed by atoms with Crippen LogP contribution in [0, 0.1) is 6.92 Å². The number of hydrogen-bond acceptors (Lipinski definition) is 4. The first-order valence-electron chi connectivity index (χ1n) is 8.63. The number of esters is 1. The lowest BCUT2D eigenvalue weighted by atomic mass is 10.0. The van der Waals surface area contributed by atoms with Gasteiger partial charge in [0.1, 0.15) is 11.5 Å². The molecular formula is C23H15ClO4. The predicted molar refractivity (Wildman–Crippen MR) is 107 cm³/mol. The van der Waals surface area contributed by atoms with Gasteiger partial charge in [-0.05, 0) is 54.5 Å². The summed E-state index contributed by atoms with van der Waals surface area (Å²) in [6.07, 6.45) is 1.70. The molecule has 4 rings (SSSR count). The van der Waals surface area contributed by atoms with Crippen LogP contribution in [0.2, 0.25) is 5.02 Å². The third kappa shape index (κ3) is 3.55. The molecular weight excluding hydrogens is 376 g/mol. The van der Waals surface area contributed by atoms with E-state index in [1.807, 2.05) is 30.3 Å². The second-order valence-corrected chi connectivity index (χ2v) is 6.80. The van der Waals surface area contributed by atoms with Gasteiger partial charge in [0.05, 0.1) is 11.1 Å². The van der Waals surface area contributed by atoms with Crippen LogP contribution in [-0.2, 0) is 0 Å². The number of carbonyl (C=O) groups excluding carboxylic acids is 2. The first-order chi connectivity index (χ1) is 13.5. The minimum atomic E-state index is -0.514. The largest absolute Gasteiger partial charge is 0.452 e. The van der Waals surface area contributed by atoms with E-state index in [-0.39, 0.29) is 11.5 Å². The Labute approximate surface area is 167 Å². The van der Waals surface area contributed by atoms with Crippen molar-refractivity contribution in [3.8, 4) is 11.5 Å². The molecule has 3 aromatic carbocycles. The average molecular weight is 391 g/mol. The highest BCUT2D eigenvalue weighted by molar-refractivity contribution is 6.30. The molecule has 0 unspecified atom stereocenters. The summed E-state index contributed by atoms with van der Waals surface area (Å²) < 4.78 is 11.2. The fourth-order valence-electron chi connectivity index (χ4n) is 2.99. The number of benzene rings is 3. The highest BCUT2D eigenvalue weighted by Gasteiger charge is 2.30. The Morgan fingerprint density at radius 3 is 2.46 bits per heavy atom. The first-order valence-corrected chi connectivity index (χ1v) is 9.01. The highest BCUT2D eigenvalue weighted by Crippen LogP contribution is 2.37. The number of ether oxygens (including phenoxy) is 2. The van der Waals surface area contributed by atoms with Crippen LogP contribution in [0.4, 0.5) is 0 Å². The van der Waals surface area contributed by atoms with Crippen LogP contribution in [-0.4, -0.2) is 11.8 Å². The third-order valence-electron chi connectivity index (χ3n) is 4.33. The van der Waals surface area contributed by atoms with Gasteiger partial charge in [-0.3, -0.25) is 4.79 Å². The second-order valence-electron chi connectivity index (χ2n) is 6.36. The Bertz CT molecular complexity index is 1100. The molecule has 0 amide bonds. The molecule has 5 heteroatoms. The van der Waals surface area contributed by atoms with E-state index >= 15 is 0 Å². The SMILES string of the molecule is Cc1cc(OC(=O)c2ccc(Cl)cc2)cc2c1C(=O)/C(=C/c1ccccc1)O2. The predicted octanol–water partition coefficient (Wildman–Crippen LogP) is 5.48. The molecule has 1 aliphatic heterocycles. The van der Waals surface area contributed by atoms with Crippen LogP contribution >= 0.6 is 11.6 Å². The molecule has 0 fully saturated rings. The van der Waals surface area contributed by atoms with Gasteiger partial charge in [-0.2, -0.15) is 0 Å². The lowest BCUT2D eigenvalue weighted by Crippen LogP contribution is -2.08. The van der Waals surface area contributed by atoms with Crippen molar-refractivity contribution in [2.75, 3.05) is 0 Å². The van der Waals surface area contributed by atoms with E-state index in [1.165, 1.54) is 0 Å². The van der Waals surface area contributed by atoms with Crippen LogP contribution in [0.1, 0.15) is 31.8 Å². The van der Waals surface area contributed by atoms with Crippen LogP contribution in [0.15, 0.2) is 72.5 Å². The number of ketones is 1. The van der Waals surface area contributed by atoms with Gasteiger partial charge in [0.25, 0.3) is 0 Å². The molecule has 0 spiro atoms. The zero-order chi connectivity index (χ0) is 19.7. The van der Waals surface area contributed by atoms with Gasteiger partial charge in [0, 0.05) is 11.1 Å². The summed E-state index contributed by atoms with van der Waals surface area (Å²) in [5.74, 6) is 0.230. The lowest BCUT2D eigenvalue weighted by molar-refractivity contribution is 0.0734. The number of Topliss-reactive ketones (excluding diaryl/α,β-unsaturated/α-hetero) is 1. The fraction of sp³-hybridized carbons (Fsp3) is 0.0435. The molecule has 4 nitrogen and oxygen atoms in total. The van der Waals surface area contributed by atoms with E-state index in [0.717, 1.165) is 5.56 Å². The zero-order valence-corrected chi connectivity index (χ0v) is 15.7. The van der Waals surface area contributed by atoms with Crippen LogP contribution in [0.3, 0.4) is 0 Å². The number of aryl methyl sites for hydroxylation is 1. The molecule has 0 aromatic heterocycles. The van der Waals surface area contributed by atoms with Crippen molar-refractivity contribution >= 4 is 29.4 Å². The molecule has 0 bridgehead atoms. The minimum absolute atomic E-state index is 0.188. The number of carbonyl (C=O) groups is 2. The summed E-state index contributed by atoms with van der Waals surface area (Å²) in [5, 5.41) is 0.537. The van der Waals surface area contributed by atoms with Gasteiger partial charge >= 0.3 is 5.97 Å². The Morgan fingerprint density at radius 2 is 1.75 bits per heavy atom. The fourth-order valence-corrected chi connectivity index (χ4v) is 3.11. The molecule has 0 saturated carbocycles. The number of rotatable bonds is 3. The maximum Gasteiger partial charge on any atom is 0.343 e. The molecule has 1 heterocycles. The minimum Gasteiger partial charge on any atom is -0.452 e. The van der Waals surface area contributed by atoms with E-state index < -0.39 is 5.97 Å². The van der Waals surface area contributed by atoms with E-state index in [1.54, 1.807) is 49.4 Å². The molecule has 138 valence electrons. The second kappa shape index (κ2) is 7.33. The number of fused-ring (bicyclic) bond motifs is 1. The van der Waals surface area contributed by atoms with Gasteiger partial charge in [0.15, 0.2) is 5.76 Å². The van der Waals surface area contributed by atoms with Crippen molar-refractivity contribution < 1.29 is 19.1 Å². The summed E-state index contributed by atoms with van der Waals surface area (Å²) in [4.78, 5) is 25.0. The molecule has 0 N–H and O–H groups in total. The van der Waals surface area contributed by atoms with Crippen LogP contribution in [0.25, 0.3) is 6.08 Å². The number of allylic oxidation sites excluding steroid dienone is 1. The zero-order valence-electron chi connectivity index (χ0n) is 14.9. The number of hydrogen-bond donors (Lipinski definition) is 0. The molecule has 0 aliphatic carbocycles. The van der Waals surface area contributed by atoms with Gasteiger partial charge < -0.3 is 9.47 Å². The quantitative estimate of drug-likeness (QED) is 0.337. The highest BCUT2D eigenvalue weighted by atomic mass is 35.5. The maximum atomic E-state index is 12.7. The Balaban J connectivity index is 1.60. The van der Waals surface area contributed by atoms with Crippen molar-refractivity contribution in [3.63, 3.8) is 0 Å². The molecule has 1 aliphatic rings. The van der Waals surface area contributed by atoms with E-state index in [2.05, 4.69) is 0 Å². The van der Waals surface area contributed by atoms with Crippen molar-refractivity contribution in [1.29, 1.82) is 0 Å². The van der Waals surface area contributed by atoms with Gasteiger partial charge in [-0.1, -0.05) is 41.9 Å². The molecule has 28 heavy (non-hydrogen) atoms. The van der Waals surface area contributed by atoms with E-state index in [4.69, 9.17) is 21.1 Å². The van der Waals surface area contributed by atoms with Crippen molar-refractivity contribution in [1.82, 2.24) is 0 Å². The topological polar surface area (TPSA) is 52.6 Å². The van der Waals surface area contributed by atoms with Crippen LogP contribution < -0.4 is 9.47 Å². The summed E-state index contributed by atoms with van der Waals surface area (Å²) in [7, 11) is 0. The lowest BCUT2D eigenvalue weighted by Gasteiger charge is -2.08. The van der Waals surface area contributed by atoms with E-state index in [9.17, 15) is 9.59 Å². The summed E-state index contributed by atoms with van der Waals surface area (Å²) in [6.45, 7) is 1.78. The Morgan fingerprint density at radius 1 is 1.04 bits per heavy atom. The average Bonchev–Trinajstić information content (AvgIpc) is 2.99. The summed E-state index contributed by atoms with van der Waals surface area (Å²) in [6, 6.07) is 19.1. The van der Waals surface area contributed by atoms with Crippen molar-refractivity contribution in [2.24, 2.45) is 0 Å².